The van der Waals surface area contributed by atoms with Crippen LogP contribution in [0.25, 0.3) is 0 Å². The molecule has 0 radical (unpaired) electrons. The van der Waals surface area contributed by atoms with Crippen LogP contribution in [-0.4, -0.2) is 5.78 Å². The van der Waals surface area contributed by atoms with E-state index in [9.17, 15) is 4.79 Å². The minimum absolute atomic E-state index is 0.244. The topological polar surface area (TPSA) is 30.2 Å². The van der Waals surface area contributed by atoms with Gasteiger partial charge in [0.15, 0.2) is 5.78 Å². The second-order valence-corrected chi connectivity index (χ2v) is 2.65. The van der Waals surface area contributed by atoms with Gasteiger partial charge in [-0.2, -0.15) is 0 Å². The van der Waals surface area contributed by atoms with Gasteiger partial charge < -0.3 is 4.42 Å². The highest BCUT2D eigenvalue weighted by Crippen LogP contribution is 2.32. The van der Waals surface area contributed by atoms with E-state index in [1.54, 1.807) is 6.07 Å². The minimum atomic E-state index is 0.244. The van der Waals surface area contributed by atoms with E-state index in [0.717, 1.165) is 18.4 Å². The molecular weight excluding hydrogens is 128 g/mol. The summed E-state index contributed by atoms with van der Waals surface area (Å²) in [5.74, 6) is 0.548. The maximum absolute atomic E-state index is 11.2. The van der Waals surface area contributed by atoms with E-state index >= 15 is 0 Å². The normalized spacial score (nSPS) is 17.2. The lowest BCUT2D eigenvalue weighted by atomic mass is 10.1. The van der Waals surface area contributed by atoms with Crippen molar-refractivity contribution >= 4 is 5.78 Å². The highest BCUT2D eigenvalue weighted by molar-refractivity contribution is 5.98. The van der Waals surface area contributed by atoms with Crippen molar-refractivity contribution in [3.63, 3.8) is 0 Å². The fourth-order valence-electron chi connectivity index (χ4n) is 0.986. The molecule has 1 heterocycles. The minimum Gasteiger partial charge on any atom is -0.472 e. The molecular formula is C8H8O2. The average molecular weight is 136 g/mol. The highest BCUT2D eigenvalue weighted by Gasteiger charge is 2.30. The van der Waals surface area contributed by atoms with Gasteiger partial charge in [-0.3, -0.25) is 4.79 Å². The van der Waals surface area contributed by atoms with E-state index in [1.807, 2.05) is 0 Å². The van der Waals surface area contributed by atoms with Crippen LogP contribution in [0.5, 0.6) is 0 Å². The predicted octanol–water partition coefficient (Wildman–Crippen LogP) is 1.87. The van der Waals surface area contributed by atoms with Crippen molar-refractivity contribution in [2.45, 2.75) is 12.8 Å². The van der Waals surface area contributed by atoms with Crippen LogP contribution < -0.4 is 0 Å². The summed E-state index contributed by atoms with van der Waals surface area (Å²) >= 11 is 0. The smallest absolute Gasteiger partial charge is 0.169 e. The zero-order valence-electron chi connectivity index (χ0n) is 5.54. The number of ketones is 1. The Balaban J connectivity index is 2.19. The molecule has 52 valence electrons. The van der Waals surface area contributed by atoms with Crippen LogP contribution in [0.1, 0.15) is 23.2 Å². The van der Waals surface area contributed by atoms with Gasteiger partial charge in [0.05, 0.1) is 11.8 Å². The van der Waals surface area contributed by atoms with Gasteiger partial charge in [0, 0.05) is 5.92 Å². The van der Waals surface area contributed by atoms with Crippen LogP contribution in [0.2, 0.25) is 0 Å². The second-order valence-electron chi connectivity index (χ2n) is 2.65. The fraction of sp³-hybridized carbons (Fsp3) is 0.375. The predicted molar refractivity (Wildman–Crippen MR) is 35.8 cm³/mol. The summed E-state index contributed by atoms with van der Waals surface area (Å²) < 4.78 is 4.79. The van der Waals surface area contributed by atoms with Gasteiger partial charge >= 0.3 is 0 Å². The van der Waals surface area contributed by atoms with Gasteiger partial charge in [-0.25, -0.2) is 0 Å². The van der Waals surface area contributed by atoms with Crippen molar-refractivity contribution in [1.82, 2.24) is 0 Å². The van der Waals surface area contributed by atoms with Gasteiger partial charge in [-0.05, 0) is 18.9 Å². The van der Waals surface area contributed by atoms with Crippen molar-refractivity contribution in [1.29, 1.82) is 0 Å². The number of carbonyl (C=O) groups is 1. The maximum atomic E-state index is 11.2. The fourth-order valence-corrected chi connectivity index (χ4v) is 0.986. The largest absolute Gasteiger partial charge is 0.472 e. The summed E-state index contributed by atoms with van der Waals surface area (Å²) in [4.78, 5) is 11.2. The van der Waals surface area contributed by atoms with Crippen molar-refractivity contribution in [3.05, 3.63) is 24.2 Å². The van der Waals surface area contributed by atoms with Crippen LogP contribution in [0.4, 0.5) is 0 Å². The molecule has 0 N–H and O–H groups in total. The third-order valence-electron chi connectivity index (χ3n) is 1.75. The Hall–Kier alpha value is -1.05. The molecule has 1 aromatic rings. The number of hydrogen-bond donors (Lipinski definition) is 0. The monoisotopic (exact) mass is 136 g/mol. The molecule has 0 unspecified atom stereocenters. The van der Waals surface area contributed by atoms with Crippen LogP contribution in [0.3, 0.4) is 0 Å². The first-order chi connectivity index (χ1) is 4.88. The van der Waals surface area contributed by atoms with Crippen LogP contribution in [-0.2, 0) is 0 Å². The third kappa shape index (κ3) is 0.856. The Morgan fingerprint density at radius 3 is 2.90 bits per heavy atom. The lowest BCUT2D eigenvalue weighted by Gasteiger charge is -1.88. The van der Waals surface area contributed by atoms with Crippen molar-refractivity contribution in [3.8, 4) is 0 Å². The first-order valence-electron chi connectivity index (χ1n) is 3.44. The SMILES string of the molecule is O=C(c1ccoc1)C1CC1. The lowest BCUT2D eigenvalue weighted by Crippen LogP contribution is -1.97. The number of furan rings is 1. The molecule has 0 saturated heterocycles. The Labute approximate surface area is 58.8 Å². The quantitative estimate of drug-likeness (QED) is 0.581. The molecule has 1 aromatic heterocycles. The average Bonchev–Trinajstić information content (AvgIpc) is 2.65. The summed E-state index contributed by atoms with van der Waals surface area (Å²) in [6.07, 6.45) is 5.17. The molecule has 2 nitrogen and oxygen atoms in total. The molecule has 0 spiro atoms. The third-order valence-corrected chi connectivity index (χ3v) is 1.75. The maximum Gasteiger partial charge on any atom is 0.169 e. The van der Waals surface area contributed by atoms with Crippen molar-refractivity contribution in [2.75, 3.05) is 0 Å². The molecule has 0 aliphatic heterocycles. The summed E-state index contributed by atoms with van der Waals surface area (Å²) in [5, 5.41) is 0. The highest BCUT2D eigenvalue weighted by atomic mass is 16.3. The molecule has 1 saturated carbocycles. The molecule has 2 rings (SSSR count). The van der Waals surface area contributed by atoms with Crippen LogP contribution in [0, 0.1) is 5.92 Å². The molecule has 1 fully saturated rings. The van der Waals surface area contributed by atoms with Crippen LogP contribution >= 0.6 is 0 Å². The Morgan fingerprint density at radius 1 is 1.60 bits per heavy atom. The zero-order valence-corrected chi connectivity index (χ0v) is 5.54. The molecule has 2 heteroatoms. The Morgan fingerprint density at radius 2 is 2.40 bits per heavy atom. The van der Waals surface area contributed by atoms with Gasteiger partial charge in [0.2, 0.25) is 0 Å². The first-order valence-corrected chi connectivity index (χ1v) is 3.44. The first kappa shape index (κ1) is 5.71. The Kier molecular flexibility index (Phi) is 1.13. The standard InChI is InChI=1S/C8H8O2/c9-8(6-1-2-6)7-3-4-10-5-7/h3-6H,1-2H2. The van der Waals surface area contributed by atoms with Gasteiger partial charge in [0.1, 0.15) is 6.26 Å². The number of rotatable bonds is 2. The lowest BCUT2D eigenvalue weighted by molar-refractivity contribution is 0.0967. The second kappa shape index (κ2) is 1.97. The summed E-state index contributed by atoms with van der Waals surface area (Å²) in [5.41, 5.74) is 0.725. The molecule has 10 heavy (non-hydrogen) atoms. The molecule has 0 atom stereocenters. The van der Waals surface area contributed by atoms with E-state index in [-0.39, 0.29) is 5.78 Å². The van der Waals surface area contributed by atoms with Crippen molar-refractivity contribution < 1.29 is 9.21 Å². The summed E-state index contributed by atoms with van der Waals surface area (Å²) in [7, 11) is 0. The van der Waals surface area contributed by atoms with Crippen LogP contribution in [0.15, 0.2) is 23.0 Å². The number of carbonyl (C=O) groups excluding carboxylic acids is 1. The number of hydrogen-bond acceptors (Lipinski definition) is 2. The molecule has 0 bridgehead atoms. The molecule has 0 amide bonds. The van der Waals surface area contributed by atoms with E-state index in [1.165, 1.54) is 12.5 Å². The van der Waals surface area contributed by atoms with E-state index in [2.05, 4.69) is 0 Å². The summed E-state index contributed by atoms with van der Waals surface area (Å²) in [6.45, 7) is 0. The Bertz CT molecular complexity index is 232. The van der Waals surface area contributed by atoms with Gasteiger partial charge in [-0.1, -0.05) is 0 Å². The van der Waals surface area contributed by atoms with E-state index < -0.39 is 0 Å². The zero-order chi connectivity index (χ0) is 6.97. The van der Waals surface area contributed by atoms with Gasteiger partial charge in [-0.15, -0.1) is 0 Å². The molecule has 1 aliphatic rings. The van der Waals surface area contributed by atoms with Crippen molar-refractivity contribution in [2.24, 2.45) is 5.92 Å². The van der Waals surface area contributed by atoms with E-state index in [0.29, 0.717) is 5.92 Å². The number of Topliss-reactive ketones (excluding diaryl/α,β-unsaturated/α-hetero) is 1. The van der Waals surface area contributed by atoms with E-state index in [4.69, 9.17) is 4.42 Å². The van der Waals surface area contributed by atoms with Gasteiger partial charge in [0.25, 0.3) is 0 Å². The molecule has 0 aromatic carbocycles. The molecule has 1 aliphatic carbocycles. The summed E-state index contributed by atoms with van der Waals surface area (Å²) in [6, 6.07) is 1.72.